The Labute approximate surface area is 200 Å². The Kier molecular flexibility index (Phi) is 6.32. The standard InChI is InChI=1S/C24H25F2N7O2/c1-3-4-15-10-21(32-31-15)28-20-12-22(33-5-7-34-8-6-33)30-24(29-20)35-19-11-18(25)17-13-27-14(2)9-16(17)23(19)26/h3-4,9-12,27H,5-8,13H2,1-2H3,(H2,28,29,30,31,32)/b4-3+. The second-order valence-electron chi connectivity index (χ2n) is 8.17. The number of allylic oxidation sites excluding steroid dienone is 2. The topological polar surface area (TPSA) is 100 Å². The predicted octanol–water partition coefficient (Wildman–Crippen LogP) is 4.35. The summed E-state index contributed by atoms with van der Waals surface area (Å²) < 4.78 is 41.2. The van der Waals surface area contributed by atoms with Crippen molar-refractivity contribution in [2.45, 2.75) is 20.4 Å². The van der Waals surface area contributed by atoms with Crippen LogP contribution in [0.25, 0.3) is 12.2 Å². The molecule has 9 nitrogen and oxygen atoms in total. The SMILES string of the molecule is C/C=C/c1cc(Nc2cc(N3CCOCC3)nc(Oc3cc(F)c4c(c3F)C=C(C)NC4)n2)n[nH]1. The Balaban J connectivity index is 1.50. The summed E-state index contributed by atoms with van der Waals surface area (Å²) in [5, 5.41) is 13.3. The fourth-order valence-electron chi connectivity index (χ4n) is 3.93. The monoisotopic (exact) mass is 481 g/mol. The molecular weight excluding hydrogens is 456 g/mol. The molecule has 4 heterocycles. The van der Waals surface area contributed by atoms with Gasteiger partial charge in [-0.1, -0.05) is 6.08 Å². The molecule has 2 aliphatic rings. The van der Waals surface area contributed by atoms with E-state index in [4.69, 9.17) is 9.47 Å². The first-order chi connectivity index (χ1) is 17.0. The second-order valence-corrected chi connectivity index (χ2v) is 8.17. The first-order valence-corrected chi connectivity index (χ1v) is 11.3. The zero-order chi connectivity index (χ0) is 24.4. The lowest BCUT2D eigenvalue weighted by Gasteiger charge is -2.28. The van der Waals surface area contributed by atoms with Crippen LogP contribution in [-0.4, -0.2) is 46.5 Å². The number of benzene rings is 1. The third kappa shape index (κ3) is 4.94. The molecule has 1 fully saturated rings. The molecule has 0 bridgehead atoms. The molecule has 3 N–H and O–H groups in total. The van der Waals surface area contributed by atoms with Crippen LogP contribution in [0.2, 0.25) is 0 Å². The van der Waals surface area contributed by atoms with Gasteiger partial charge in [-0.3, -0.25) is 5.10 Å². The number of aromatic amines is 1. The highest BCUT2D eigenvalue weighted by molar-refractivity contribution is 5.63. The maximum atomic E-state index is 15.3. The second kappa shape index (κ2) is 9.71. The van der Waals surface area contributed by atoms with Crippen LogP contribution in [0.3, 0.4) is 0 Å². The number of hydrogen-bond donors (Lipinski definition) is 3. The van der Waals surface area contributed by atoms with Gasteiger partial charge in [0, 0.05) is 54.7 Å². The van der Waals surface area contributed by atoms with E-state index < -0.39 is 11.6 Å². The lowest BCUT2D eigenvalue weighted by Crippen LogP contribution is -2.36. The Morgan fingerprint density at radius 3 is 2.77 bits per heavy atom. The van der Waals surface area contributed by atoms with E-state index in [1.54, 1.807) is 19.1 Å². The van der Waals surface area contributed by atoms with Gasteiger partial charge in [-0.2, -0.15) is 15.1 Å². The van der Waals surface area contributed by atoms with Gasteiger partial charge in [0.05, 0.1) is 18.9 Å². The van der Waals surface area contributed by atoms with E-state index in [2.05, 4.69) is 30.8 Å². The third-order valence-corrected chi connectivity index (χ3v) is 5.66. The summed E-state index contributed by atoms with van der Waals surface area (Å²) in [5.41, 5.74) is 1.97. The zero-order valence-corrected chi connectivity index (χ0v) is 19.4. The predicted molar refractivity (Wildman–Crippen MR) is 129 cm³/mol. The highest BCUT2D eigenvalue weighted by atomic mass is 19.1. The van der Waals surface area contributed by atoms with Crippen LogP contribution >= 0.6 is 0 Å². The van der Waals surface area contributed by atoms with Crippen molar-refractivity contribution in [3.05, 3.63) is 58.4 Å². The molecule has 1 saturated heterocycles. The molecule has 35 heavy (non-hydrogen) atoms. The summed E-state index contributed by atoms with van der Waals surface area (Å²) in [6.07, 6.45) is 5.33. The minimum absolute atomic E-state index is 0.117. The minimum Gasteiger partial charge on any atom is -0.421 e. The molecule has 182 valence electrons. The normalized spacial score (nSPS) is 15.5. The van der Waals surface area contributed by atoms with Crippen molar-refractivity contribution in [3.8, 4) is 11.8 Å². The highest BCUT2D eigenvalue weighted by Gasteiger charge is 2.23. The molecule has 0 radical (unpaired) electrons. The molecule has 0 amide bonds. The first kappa shape index (κ1) is 22.8. The number of hydrogen-bond acceptors (Lipinski definition) is 8. The van der Waals surface area contributed by atoms with Gasteiger partial charge in [0.25, 0.3) is 0 Å². The number of fused-ring (bicyclic) bond motifs is 1. The highest BCUT2D eigenvalue weighted by Crippen LogP contribution is 2.33. The zero-order valence-electron chi connectivity index (χ0n) is 19.4. The Morgan fingerprint density at radius 2 is 1.97 bits per heavy atom. The molecule has 3 aromatic rings. The van der Waals surface area contributed by atoms with E-state index >= 15 is 4.39 Å². The van der Waals surface area contributed by atoms with Crippen LogP contribution in [0.15, 0.2) is 30.0 Å². The molecule has 0 saturated carbocycles. The summed E-state index contributed by atoms with van der Waals surface area (Å²) in [6.45, 7) is 6.27. The van der Waals surface area contributed by atoms with E-state index in [1.165, 1.54) is 0 Å². The molecule has 0 unspecified atom stereocenters. The molecule has 0 spiro atoms. The fourth-order valence-corrected chi connectivity index (χ4v) is 3.93. The first-order valence-electron chi connectivity index (χ1n) is 11.3. The van der Waals surface area contributed by atoms with Crippen molar-refractivity contribution in [2.24, 2.45) is 0 Å². The number of halogens is 2. The number of nitrogens with zero attached hydrogens (tertiary/aromatic N) is 4. The van der Waals surface area contributed by atoms with Gasteiger partial charge >= 0.3 is 6.01 Å². The van der Waals surface area contributed by atoms with Crippen molar-refractivity contribution in [1.29, 1.82) is 0 Å². The van der Waals surface area contributed by atoms with Crippen LogP contribution in [0.1, 0.15) is 30.7 Å². The van der Waals surface area contributed by atoms with Gasteiger partial charge < -0.3 is 25.0 Å². The van der Waals surface area contributed by atoms with Crippen molar-refractivity contribution < 1.29 is 18.3 Å². The summed E-state index contributed by atoms with van der Waals surface area (Å²) in [4.78, 5) is 10.9. The van der Waals surface area contributed by atoms with Gasteiger partial charge in [0.1, 0.15) is 17.5 Å². The Hall–Kier alpha value is -3.99. The number of anilines is 3. The molecule has 11 heteroatoms. The van der Waals surface area contributed by atoms with E-state index in [0.717, 1.165) is 17.5 Å². The summed E-state index contributed by atoms with van der Waals surface area (Å²) >= 11 is 0. The molecule has 2 aliphatic heterocycles. The summed E-state index contributed by atoms with van der Waals surface area (Å²) in [5.74, 6) is -0.0106. The van der Waals surface area contributed by atoms with E-state index in [1.807, 2.05) is 30.0 Å². The lowest BCUT2D eigenvalue weighted by molar-refractivity contribution is 0.122. The molecule has 0 aliphatic carbocycles. The summed E-state index contributed by atoms with van der Waals surface area (Å²) in [7, 11) is 0. The maximum Gasteiger partial charge on any atom is 0.326 e. The van der Waals surface area contributed by atoms with E-state index in [-0.39, 0.29) is 29.4 Å². The van der Waals surface area contributed by atoms with Crippen LogP contribution < -0.4 is 20.3 Å². The van der Waals surface area contributed by atoms with Crippen molar-refractivity contribution in [1.82, 2.24) is 25.5 Å². The average molecular weight is 482 g/mol. The number of morpholine rings is 1. The molecule has 0 atom stereocenters. The molecule has 5 rings (SSSR count). The van der Waals surface area contributed by atoms with Crippen molar-refractivity contribution >= 4 is 29.6 Å². The number of nitrogens with one attached hydrogen (secondary N) is 3. The lowest BCUT2D eigenvalue weighted by atomic mass is 10.0. The van der Waals surface area contributed by atoms with E-state index in [0.29, 0.717) is 43.8 Å². The van der Waals surface area contributed by atoms with Gasteiger partial charge in [0.15, 0.2) is 17.4 Å². The fraction of sp³-hybridized carbons (Fsp3) is 0.292. The van der Waals surface area contributed by atoms with Crippen LogP contribution in [0.5, 0.6) is 11.8 Å². The maximum absolute atomic E-state index is 15.3. The molecule has 2 aromatic heterocycles. The van der Waals surface area contributed by atoms with Gasteiger partial charge in [-0.25, -0.2) is 8.78 Å². The number of rotatable bonds is 6. The van der Waals surface area contributed by atoms with E-state index in [9.17, 15) is 4.39 Å². The number of aromatic nitrogens is 4. The summed E-state index contributed by atoms with van der Waals surface area (Å²) in [6, 6.07) is 4.48. The van der Waals surface area contributed by atoms with Crippen LogP contribution in [0, 0.1) is 11.6 Å². The third-order valence-electron chi connectivity index (χ3n) is 5.66. The average Bonchev–Trinajstić information content (AvgIpc) is 3.29. The van der Waals surface area contributed by atoms with Crippen molar-refractivity contribution in [3.63, 3.8) is 0 Å². The van der Waals surface area contributed by atoms with Gasteiger partial charge in [-0.15, -0.1) is 0 Å². The Bertz CT molecular complexity index is 1300. The van der Waals surface area contributed by atoms with Crippen LogP contribution in [-0.2, 0) is 11.3 Å². The number of H-pyrrole nitrogens is 1. The molecular formula is C24H25F2N7O2. The largest absolute Gasteiger partial charge is 0.421 e. The quantitative estimate of drug-likeness (QED) is 0.478. The smallest absolute Gasteiger partial charge is 0.326 e. The van der Waals surface area contributed by atoms with Gasteiger partial charge in [0.2, 0.25) is 0 Å². The Morgan fingerprint density at radius 1 is 1.14 bits per heavy atom. The van der Waals surface area contributed by atoms with Crippen LogP contribution in [0.4, 0.5) is 26.2 Å². The molecule has 1 aromatic carbocycles. The number of ether oxygens (including phenoxy) is 2. The van der Waals surface area contributed by atoms with Gasteiger partial charge in [-0.05, 0) is 26.0 Å². The minimum atomic E-state index is -0.666. The van der Waals surface area contributed by atoms with Crippen molar-refractivity contribution in [2.75, 3.05) is 36.5 Å².